The summed E-state index contributed by atoms with van der Waals surface area (Å²) in [6, 6.07) is 0. The molecule has 0 aromatic carbocycles. The zero-order valence-electron chi connectivity index (χ0n) is 11.3. The van der Waals surface area contributed by atoms with E-state index < -0.39 is 5.67 Å². The number of fused-ring (bicyclic) bond motifs is 1. The second-order valence-corrected chi connectivity index (χ2v) is 6.70. The zero-order valence-corrected chi connectivity index (χ0v) is 11.3. The molecule has 16 heavy (non-hydrogen) atoms. The van der Waals surface area contributed by atoms with Crippen LogP contribution in [0, 0.1) is 29.6 Å². The second kappa shape index (κ2) is 4.31. The summed E-state index contributed by atoms with van der Waals surface area (Å²) in [6.07, 6.45) is 5.71. The van der Waals surface area contributed by atoms with Crippen molar-refractivity contribution < 1.29 is 4.39 Å². The first kappa shape index (κ1) is 12.4. The number of rotatable bonds is 0. The molecule has 2 aliphatic rings. The van der Waals surface area contributed by atoms with Crippen LogP contribution in [0.5, 0.6) is 0 Å². The van der Waals surface area contributed by atoms with Gasteiger partial charge in [0, 0.05) is 0 Å². The van der Waals surface area contributed by atoms with Crippen LogP contribution in [-0.4, -0.2) is 5.67 Å². The summed E-state index contributed by atoms with van der Waals surface area (Å²) < 4.78 is 14.5. The highest BCUT2D eigenvalue weighted by molar-refractivity contribution is 4.95. The monoisotopic (exact) mass is 226 g/mol. The van der Waals surface area contributed by atoms with Crippen LogP contribution in [0.25, 0.3) is 0 Å². The van der Waals surface area contributed by atoms with E-state index in [4.69, 9.17) is 0 Å². The summed E-state index contributed by atoms with van der Waals surface area (Å²) in [5, 5.41) is 0. The Kier molecular flexibility index (Phi) is 3.34. The molecule has 1 heteroatoms. The summed E-state index contributed by atoms with van der Waals surface area (Å²) in [7, 11) is 0. The maximum absolute atomic E-state index is 14.5. The number of hydrogen-bond donors (Lipinski definition) is 0. The molecule has 2 rings (SSSR count). The third-order valence-electron chi connectivity index (χ3n) is 5.87. The van der Waals surface area contributed by atoms with Gasteiger partial charge in [-0.15, -0.1) is 0 Å². The van der Waals surface area contributed by atoms with Crippen molar-refractivity contribution in [2.75, 3.05) is 0 Å². The number of alkyl halides is 1. The largest absolute Gasteiger partial charge is 0.244 e. The van der Waals surface area contributed by atoms with Crippen LogP contribution >= 0.6 is 0 Å². The standard InChI is InChI=1S/C15H27F/c1-10-7-8-14-12(3)15(4,16)9-5-6-13(14)11(10)2/h10-14H,5-9H2,1-4H3/t10?,11-,12?,13?,14?,15?/m0/s1. The van der Waals surface area contributed by atoms with Crippen LogP contribution in [0.4, 0.5) is 4.39 Å². The SMILES string of the molecule is CC1CCC2C(CCCC(C)(F)C2C)[C@H]1C. The molecule has 0 bridgehead atoms. The van der Waals surface area contributed by atoms with E-state index in [0.29, 0.717) is 5.92 Å². The van der Waals surface area contributed by atoms with E-state index in [1.807, 2.05) is 6.92 Å². The lowest BCUT2D eigenvalue weighted by atomic mass is 9.62. The molecule has 0 aromatic heterocycles. The molecule has 0 radical (unpaired) electrons. The molecular weight excluding hydrogens is 199 g/mol. The van der Waals surface area contributed by atoms with E-state index in [1.54, 1.807) is 0 Å². The third-order valence-corrected chi connectivity index (χ3v) is 5.87. The van der Waals surface area contributed by atoms with Gasteiger partial charge < -0.3 is 0 Å². The normalized spacial score (nSPS) is 54.2. The van der Waals surface area contributed by atoms with Crippen molar-refractivity contribution in [2.45, 2.75) is 65.5 Å². The van der Waals surface area contributed by atoms with Crippen LogP contribution in [0.3, 0.4) is 0 Å². The minimum absolute atomic E-state index is 0.259. The molecule has 94 valence electrons. The Morgan fingerprint density at radius 3 is 2.38 bits per heavy atom. The van der Waals surface area contributed by atoms with Crippen molar-refractivity contribution in [3.63, 3.8) is 0 Å². The van der Waals surface area contributed by atoms with Gasteiger partial charge in [0.1, 0.15) is 5.67 Å². The lowest BCUT2D eigenvalue weighted by Crippen LogP contribution is -2.39. The van der Waals surface area contributed by atoms with Crippen LogP contribution < -0.4 is 0 Å². The molecule has 0 heterocycles. The molecular formula is C15H27F. The van der Waals surface area contributed by atoms with Gasteiger partial charge in [0.25, 0.3) is 0 Å². The Morgan fingerprint density at radius 2 is 1.69 bits per heavy atom. The summed E-state index contributed by atoms with van der Waals surface area (Å²) in [6.45, 7) is 8.77. The predicted molar refractivity (Wildman–Crippen MR) is 67.1 cm³/mol. The van der Waals surface area contributed by atoms with Crippen molar-refractivity contribution in [3.8, 4) is 0 Å². The first-order valence-corrected chi connectivity index (χ1v) is 7.12. The van der Waals surface area contributed by atoms with Crippen LogP contribution in [0.15, 0.2) is 0 Å². The lowest BCUT2D eigenvalue weighted by Gasteiger charge is -2.44. The van der Waals surface area contributed by atoms with Crippen molar-refractivity contribution in [1.29, 1.82) is 0 Å². The summed E-state index contributed by atoms with van der Waals surface area (Å²) in [4.78, 5) is 0. The fourth-order valence-electron chi connectivity index (χ4n) is 4.20. The number of halogens is 1. The molecule has 0 amide bonds. The molecule has 2 fully saturated rings. The van der Waals surface area contributed by atoms with Crippen LogP contribution in [0.2, 0.25) is 0 Å². The molecule has 0 aromatic rings. The number of hydrogen-bond acceptors (Lipinski definition) is 0. The molecule has 2 saturated carbocycles. The van der Waals surface area contributed by atoms with E-state index in [9.17, 15) is 4.39 Å². The minimum atomic E-state index is -0.917. The molecule has 0 saturated heterocycles. The summed E-state index contributed by atoms with van der Waals surface area (Å²) in [5.74, 6) is 3.34. The fourth-order valence-corrected chi connectivity index (χ4v) is 4.20. The van der Waals surface area contributed by atoms with E-state index in [0.717, 1.165) is 30.6 Å². The Balaban J connectivity index is 2.20. The Hall–Kier alpha value is -0.0700. The highest BCUT2D eigenvalue weighted by Gasteiger charge is 2.45. The Morgan fingerprint density at radius 1 is 1.00 bits per heavy atom. The smallest absolute Gasteiger partial charge is 0.111 e. The molecule has 0 aliphatic heterocycles. The zero-order chi connectivity index (χ0) is 11.9. The maximum Gasteiger partial charge on any atom is 0.111 e. The molecule has 0 N–H and O–H groups in total. The second-order valence-electron chi connectivity index (χ2n) is 6.70. The first-order valence-electron chi connectivity index (χ1n) is 7.12. The van der Waals surface area contributed by atoms with Gasteiger partial charge in [-0.05, 0) is 62.2 Å². The Bertz CT molecular complexity index is 246. The summed E-state index contributed by atoms with van der Waals surface area (Å²) in [5.41, 5.74) is -0.917. The highest BCUT2D eigenvalue weighted by atomic mass is 19.1. The van der Waals surface area contributed by atoms with Gasteiger partial charge in [0.05, 0.1) is 0 Å². The van der Waals surface area contributed by atoms with Gasteiger partial charge in [0.2, 0.25) is 0 Å². The van der Waals surface area contributed by atoms with Gasteiger partial charge in [-0.25, -0.2) is 4.39 Å². The van der Waals surface area contributed by atoms with E-state index in [1.165, 1.54) is 19.3 Å². The molecule has 5 unspecified atom stereocenters. The van der Waals surface area contributed by atoms with Crippen molar-refractivity contribution in [1.82, 2.24) is 0 Å². The van der Waals surface area contributed by atoms with Crippen molar-refractivity contribution in [2.24, 2.45) is 29.6 Å². The molecule has 0 spiro atoms. The average molecular weight is 226 g/mol. The molecule has 6 atom stereocenters. The summed E-state index contributed by atoms with van der Waals surface area (Å²) >= 11 is 0. The maximum atomic E-state index is 14.5. The molecule has 0 nitrogen and oxygen atoms in total. The van der Waals surface area contributed by atoms with E-state index in [-0.39, 0.29) is 5.92 Å². The van der Waals surface area contributed by atoms with Gasteiger partial charge in [-0.1, -0.05) is 27.2 Å². The van der Waals surface area contributed by atoms with Gasteiger partial charge in [0.15, 0.2) is 0 Å². The van der Waals surface area contributed by atoms with Crippen LogP contribution in [0.1, 0.15) is 59.8 Å². The lowest BCUT2D eigenvalue weighted by molar-refractivity contribution is 0.0142. The van der Waals surface area contributed by atoms with E-state index >= 15 is 0 Å². The van der Waals surface area contributed by atoms with Gasteiger partial charge in [-0.2, -0.15) is 0 Å². The minimum Gasteiger partial charge on any atom is -0.244 e. The Labute approximate surface area is 100 Å². The van der Waals surface area contributed by atoms with Gasteiger partial charge >= 0.3 is 0 Å². The third kappa shape index (κ3) is 2.02. The van der Waals surface area contributed by atoms with Gasteiger partial charge in [-0.3, -0.25) is 0 Å². The van der Waals surface area contributed by atoms with Crippen molar-refractivity contribution >= 4 is 0 Å². The quantitative estimate of drug-likeness (QED) is 0.555. The first-order chi connectivity index (χ1) is 7.43. The predicted octanol–water partition coefficient (Wildman–Crippen LogP) is 4.83. The topological polar surface area (TPSA) is 0 Å². The highest BCUT2D eigenvalue weighted by Crippen LogP contribution is 2.50. The van der Waals surface area contributed by atoms with Crippen molar-refractivity contribution in [3.05, 3.63) is 0 Å². The average Bonchev–Trinajstić information content (AvgIpc) is 2.33. The van der Waals surface area contributed by atoms with Crippen LogP contribution in [-0.2, 0) is 0 Å². The van der Waals surface area contributed by atoms with E-state index in [2.05, 4.69) is 20.8 Å². The fraction of sp³-hybridized carbons (Fsp3) is 1.00. The molecule has 2 aliphatic carbocycles.